The molecular weight excluding hydrogens is 380 g/mol. The van der Waals surface area contributed by atoms with Crippen molar-refractivity contribution < 1.29 is 14.3 Å². The third-order valence-corrected chi connectivity index (χ3v) is 5.16. The second-order valence-corrected chi connectivity index (χ2v) is 7.78. The van der Waals surface area contributed by atoms with E-state index in [2.05, 4.69) is 33.6 Å². The third-order valence-electron chi connectivity index (χ3n) is 5.16. The van der Waals surface area contributed by atoms with Gasteiger partial charge in [-0.15, -0.1) is 0 Å². The summed E-state index contributed by atoms with van der Waals surface area (Å²) in [5.74, 6) is -0.522. The van der Waals surface area contributed by atoms with Crippen molar-refractivity contribution in [2.24, 2.45) is 0 Å². The van der Waals surface area contributed by atoms with Crippen LogP contribution in [0.2, 0.25) is 0 Å². The summed E-state index contributed by atoms with van der Waals surface area (Å²) in [5, 5.41) is 5.53. The topological polar surface area (TPSA) is 83.6 Å². The van der Waals surface area contributed by atoms with Crippen LogP contribution >= 0.6 is 0 Å². The van der Waals surface area contributed by atoms with Crippen LogP contribution in [0.15, 0.2) is 36.4 Å². The first-order valence-corrected chi connectivity index (χ1v) is 10.3. The van der Waals surface area contributed by atoms with Crippen LogP contribution in [0.25, 0.3) is 0 Å². The average molecular weight is 411 g/mol. The normalized spacial score (nSPS) is 16.8. The zero-order valence-corrected chi connectivity index (χ0v) is 17.9. The summed E-state index contributed by atoms with van der Waals surface area (Å²) < 4.78 is 5.74. The van der Waals surface area contributed by atoms with Crippen LogP contribution in [0.5, 0.6) is 0 Å². The Morgan fingerprint density at radius 2 is 2.07 bits per heavy atom. The molecule has 1 fully saturated rings. The summed E-state index contributed by atoms with van der Waals surface area (Å²) in [4.78, 5) is 31.6. The Balaban J connectivity index is 1.70. The Labute approximate surface area is 177 Å². The molecule has 1 saturated heterocycles. The Morgan fingerprint density at radius 3 is 2.80 bits per heavy atom. The van der Waals surface area contributed by atoms with Gasteiger partial charge in [-0.3, -0.25) is 9.59 Å². The highest BCUT2D eigenvalue weighted by atomic mass is 16.5. The lowest BCUT2D eigenvalue weighted by Gasteiger charge is -2.30. The van der Waals surface area contributed by atoms with Crippen LogP contribution in [0.4, 0.5) is 0 Å². The Morgan fingerprint density at radius 1 is 1.23 bits per heavy atom. The quantitative estimate of drug-likeness (QED) is 0.727. The molecule has 160 valence electrons. The van der Waals surface area contributed by atoms with Crippen LogP contribution in [-0.2, 0) is 11.2 Å². The number of ether oxygens (including phenoxy) is 1. The number of benzene rings is 1. The number of amides is 2. The van der Waals surface area contributed by atoms with Gasteiger partial charge in [0.2, 0.25) is 0 Å². The minimum absolute atomic E-state index is 0.125. The second kappa shape index (κ2) is 10.3. The van der Waals surface area contributed by atoms with E-state index in [1.54, 1.807) is 19.2 Å². The maximum Gasteiger partial charge on any atom is 0.269 e. The predicted molar refractivity (Wildman–Crippen MR) is 116 cm³/mol. The van der Waals surface area contributed by atoms with Gasteiger partial charge in [0.15, 0.2) is 0 Å². The summed E-state index contributed by atoms with van der Waals surface area (Å²) in [6.07, 6.45) is 1.43. The van der Waals surface area contributed by atoms with Crippen molar-refractivity contribution in [2.45, 2.75) is 25.9 Å². The molecule has 1 atom stereocenters. The summed E-state index contributed by atoms with van der Waals surface area (Å²) in [6.45, 7) is 5.07. The van der Waals surface area contributed by atoms with Crippen LogP contribution in [0, 0.1) is 6.92 Å². The smallest absolute Gasteiger partial charge is 0.269 e. The van der Waals surface area contributed by atoms with Crippen LogP contribution < -0.4 is 10.6 Å². The highest BCUT2D eigenvalue weighted by Crippen LogP contribution is 2.14. The van der Waals surface area contributed by atoms with Crippen molar-refractivity contribution in [3.8, 4) is 0 Å². The number of likely N-dealkylation sites (N-methyl/N-ethyl adjacent to an activating group) is 1. The Bertz CT molecular complexity index is 900. The van der Waals surface area contributed by atoms with E-state index in [9.17, 15) is 9.59 Å². The van der Waals surface area contributed by atoms with E-state index in [1.165, 1.54) is 0 Å². The number of aryl methyl sites for hydroxylation is 1. The zero-order chi connectivity index (χ0) is 21.5. The van der Waals surface area contributed by atoms with E-state index in [0.717, 1.165) is 37.2 Å². The first-order chi connectivity index (χ1) is 14.4. The van der Waals surface area contributed by atoms with Gasteiger partial charge in [-0.05, 0) is 38.1 Å². The van der Waals surface area contributed by atoms with Crippen molar-refractivity contribution in [1.82, 2.24) is 20.5 Å². The van der Waals surface area contributed by atoms with E-state index in [1.807, 2.05) is 25.1 Å². The molecule has 2 amide bonds. The van der Waals surface area contributed by atoms with Crippen molar-refractivity contribution >= 4 is 11.8 Å². The largest absolute Gasteiger partial charge is 0.375 e. The molecule has 30 heavy (non-hydrogen) atoms. The molecule has 1 aliphatic rings. The van der Waals surface area contributed by atoms with E-state index in [-0.39, 0.29) is 23.6 Å². The van der Waals surface area contributed by atoms with Gasteiger partial charge in [0, 0.05) is 44.4 Å². The lowest BCUT2D eigenvalue weighted by molar-refractivity contribution is -0.0226. The van der Waals surface area contributed by atoms with Gasteiger partial charge in [0.1, 0.15) is 5.69 Å². The van der Waals surface area contributed by atoms with Crippen LogP contribution in [-0.4, -0.2) is 68.1 Å². The molecule has 0 radical (unpaired) electrons. The number of morpholine rings is 1. The minimum Gasteiger partial charge on any atom is -0.375 e. The molecule has 0 bridgehead atoms. The zero-order valence-electron chi connectivity index (χ0n) is 17.9. The summed E-state index contributed by atoms with van der Waals surface area (Å²) in [7, 11) is 3.62. The molecule has 1 unspecified atom stereocenters. The molecule has 1 aromatic heterocycles. The van der Waals surface area contributed by atoms with E-state index < -0.39 is 0 Å². The molecule has 1 aromatic carbocycles. The molecule has 0 saturated carbocycles. The van der Waals surface area contributed by atoms with Gasteiger partial charge in [-0.2, -0.15) is 0 Å². The molecule has 3 rings (SSSR count). The van der Waals surface area contributed by atoms with E-state index >= 15 is 0 Å². The fraction of sp³-hybridized carbons (Fsp3) is 0.435. The second-order valence-electron chi connectivity index (χ2n) is 7.78. The summed E-state index contributed by atoms with van der Waals surface area (Å²) in [5.41, 5.74) is 3.60. The van der Waals surface area contributed by atoms with E-state index in [4.69, 9.17) is 4.74 Å². The molecule has 0 spiro atoms. The van der Waals surface area contributed by atoms with Crippen molar-refractivity contribution in [3.63, 3.8) is 0 Å². The number of nitrogens with zero attached hydrogens (tertiary/aromatic N) is 2. The van der Waals surface area contributed by atoms with Gasteiger partial charge in [-0.1, -0.05) is 29.8 Å². The van der Waals surface area contributed by atoms with E-state index in [0.29, 0.717) is 24.2 Å². The van der Waals surface area contributed by atoms with Gasteiger partial charge in [0.25, 0.3) is 11.8 Å². The fourth-order valence-corrected chi connectivity index (χ4v) is 3.58. The van der Waals surface area contributed by atoms with Gasteiger partial charge in [-0.25, -0.2) is 4.98 Å². The van der Waals surface area contributed by atoms with Crippen molar-refractivity contribution in [3.05, 3.63) is 64.5 Å². The third kappa shape index (κ3) is 6.11. The summed E-state index contributed by atoms with van der Waals surface area (Å²) >= 11 is 0. The lowest BCUT2D eigenvalue weighted by atomic mass is 10.0. The highest BCUT2D eigenvalue weighted by molar-refractivity contribution is 5.98. The van der Waals surface area contributed by atoms with Crippen LogP contribution in [0.3, 0.4) is 0 Å². The standard InChI is InChI=1S/C23H30N4O3/c1-16-5-4-6-17(11-16)12-19-13-18(14-21(26-19)23(29)24-2)22(28)25-8-7-20-15-27(3)9-10-30-20/h4-6,11,13-14,20H,7-10,12,15H2,1-3H3,(H,24,29)(H,25,28). The number of nitrogens with one attached hydrogen (secondary N) is 2. The number of rotatable bonds is 7. The molecule has 1 aliphatic heterocycles. The number of hydrogen-bond acceptors (Lipinski definition) is 5. The Hall–Kier alpha value is -2.77. The molecule has 0 aliphatic carbocycles. The minimum atomic E-state index is -0.311. The number of aromatic nitrogens is 1. The maximum absolute atomic E-state index is 12.8. The monoisotopic (exact) mass is 410 g/mol. The molecule has 7 nitrogen and oxygen atoms in total. The molecule has 2 heterocycles. The SMILES string of the molecule is CNC(=O)c1cc(C(=O)NCCC2CN(C)CCO2)cc(Cc2cccc(C)c2)n1. The fourth-order valence-electron chi connectivity index (χ4n) is 3.58. The maximum atomic E-state index is 12.8. The Kier molecular flexibility index (Phi) is 7.54. The predicted octanol–water partition coefficient (Wildman–Crippen LogP) is 1.79. The van der Waals surface area contributed by atoms with Crippen molar-refractivity contribution in [1.29, 1.82) is 0 Å². The van der Waals surface area contributed by atoms with Gasteiger partial charge < -0.3 is 20.3 Å². The number of pyridine rings is 1. The van der Waals surface area contributed by atoms with Crippen molar-refractivity contribution in [2.75, 3.05) is 40.3 Å². The highest BCUT2D eigenvalue weighted by Gasteiger charge is 2.18. The van der Waals surface area contributed by atoms with Gasteiger partial charge in [0.05, 0.1) is 12.7 Å². The van der Waals surface area contributed by atoms with Gasteiger partial charge >= 0.3 is 0 Å². The van der Waals surface area contributed by atoms with Crippen LogP contribution in [0.1, 0.15) is 44.1 Å². The molecule has 7 heteroatoms. The average Bonchev–Trinajstić information content (AvgIpc) is 2.73. The lowest BCUT2D eigenvalue weighted by Crippen LogP contribution is -2.41. The number of carbonyl (C=O) groups is 2. The molecule has 2 N–H and O–H groups in total. The molecule has 2 aromatic rings. The molecular formula is C23H30N4O3. The number of carbonyl (C=O) groups excluding carboxylic acids is 2. The number of hydrogen-bond donors (Lipinski definition) is 2. The first kappa shape index (κ1) is 21.9. The summed E-state index contributed by atoms with van der Waals surface area (Å²) in [6, 6.07) is 11.4. The first-order valence-electron chi connectivity index (χ1n) is 10.3.